The van der Waals surface area contributed by atoms with E-state index < -0.39 is 58.9 Å². The Hall–Kier alpha value is -4.72. The first-order valence-corrected chi connectivity index (χ1v) is 12.2. The van der Waals surface area contributed by atoms with Gasteiger partial charge in [-0.3, -0.25) is 19.3 Å². The highest BCUT2D eigenvalue weighted by Gasteiger charge is 2.37. The van der Waals surface area contributed by atoms with E-state index in [9.17, 15) is 35.9 Å². The quantitative estimate of drug-likeness (QED) is 0.130. The van der Waals surface area contributed by atoms with Crippen LogP contribution in [0.15, 0.2) is 60.9 Å². The van der Waals surface area contributed by atoms with Crippen molar-refractivity contribution < 1.29 is 35.9 Å². The summed E-state index contributed by atoms with van der Waals surface area (Å²) in [6.45, 7) is 0.642. The fourth-order valence-electron chi connectivity index (χ4n) is 4.57. The van der Waals surface area contributed by atoms with Gasteiger partial charge in [0.1, 0.15) is 17.5 Å². The molecule has 2 aromatic carbocycles. The van der Waals surface area contributed by atoms with Gasteiger partial charge < -0.3 is 0 Å². The summed E-state index contributed by atoms with van der Waals surface area (Å²) in [5.41, 5.74) is -0.659. The second kappa shape index (κ2) is 11.8. The molecule has 41 heavy (non-hydrogen) atoms. The van der Waals surface area contributed by atoms with Crippen LogP contribution in [0.5, 0.6) is 0 Å². The predicted molar refractivity (Wildman–Crippen MR) is 137 cm³/mol. The van der Waals surface area contributed by atoms with E-state index in [0.717, 1.165) is 29.1 Å². The topological polar surface area (TPSA) is 64.8 Å². The van der Waals surface area contributed by atoms with Crippen LogP contribution in [-0.2, 0) is 23.9 Å². The molecular weight excluding hydrogens is 548 g/mol. The molecule has 0 saturated carbocycles. The molecular formula is C30H21F6N3O2. The summed E-state index contributed by atoms with van der Waals surface area (Å²) in [6.07, 6.45) is 2.33. The average Bonchev–Trinajstić information content (AvgIpc) is 3.31. The molecule has 2 aromatic heterocycles. The summed E-state index contributed by atoms with van der Waals surface area (Å²) in [4.78, 5) is 29.5. The maximum absolute atomic E-state index is 14.2. The lowest BCUT2D eigenvalue weighted by Crippen LogP contribution is -2.18. The van der Waals surface area contributed by atoms with Crippen molar-refractivity contribution in [2.45, 2.75) is 38.4 Å². The van der Waals surface area contributed by atoms with Crippen LogP contribution in [0.1, 0.15) is 52.1 Å². The Bertz CT molecular complexity index is 1650. The summed E-state index contributed by atoms with van der Waals surface area (Å²) < 4.78 is 82.8. The molecule has 0 bridgehead atoms. The van der Waals surface area contributed by atoms with Crippen LogP contribution >= 0.6 is 0 Å². The Labute approximate surface area is 230 Å². The van der Waals surface area contributed by atoms with Crippen molar-refractivity contribution in [3.8, 4) is 23.5 Å². The van der Waals surface area contributed by atoms with Gasteiger partial charge in [-0.25, -0.2) is 13.2 Å². The van der Waals surface area contributed by atoms with Crippen molar-refractivity contribution in [2.24, 2.45) is 0 Å². The number of rotatable bonds is 9. The van der Waals surface area contributed by atoms with E-state index in [-0.39, 0.29) is 24.0 Å². The molecule has 5 nitrogen and oxygen atoms in total. The number of aromatic nitrogens is 3. The molecule has 0 spiro atoms. The number of Topliss-reactive ketones (excluding diaryl/α,β-unsaturated/α-hetero) is 2. The fourth-order valence-corrected chi connectivity index (χ4v) is 4.57. The van der Waals surface area contributed by atoms with Gasteiger partial charge in [-0.05, 0) is 54.8 Å². The molecule has 0 amide bonds. The maximum atomic E-state index is 14.2. The molecule has 0 radical (unpaired) electrons. The summed E-state index contributed by atoms with van der Waals surface area (Å²) in [5, 5.41) is 3.43. The molecule has 0 aliphatic carbocycles. The Balaban J connectivity index is 1.73. The van der Waals surface area contributed by atoms with E-state index in [1.807, 2.05) is 5.92 Å². The number of carbonyl (C=O) groups excluding carboxylic acids is 2. The number of hydrogen-bond acceptors (Lipinski definition) is 4. The average molecular weight is 570 g/mol. The lowest BCUT2D eigenvalue weighted by molar-refractivity contribution is -0.142. The van der Waals surface area contributed by atoms with E-state index in [1.54, 1.807) is 12.1 Å². The first kappa shape index (κ1) is 29.3. The third-order valence-electron chi connectivity index (χ3n) is 6.28. The van der Waals surface area contributed by atoms with Crippen molar-refractivity contribution in [1.29, 1.82) is 0 Å². The molecule has 0 unspecified atom stereocenters. The van der Waals surface area contributed by atoms with Gasteiger partial charge in [-0.15, -0.1) is 6.42 Å². The number of halogens is 6. The molecule has 0 aliphatic rings. The van der Waals surface area contributed by atoms with Crippen molar-refractivity contribution in [2.75, 3.05) is 0 Å². The molecule has 0 fully saturated rings. The molecule has 210 valence electrons. The molecule has 1 atom stereocenters. The predicted octanol–water partition coefficient (Wildman–Crippen LogP) is 6.55. The second-order valence-electron chi connectivity index (χ2n) is 9.34. The Morgan fingerprint density at radius 1 is 1.05 bits per heavy atom. The number of pyridine rings is 1. The maximum Gasteiger partial charge on any atom is 0.436 e. The normalized spacial score (nSPS) is 12.1. The Morgan fingerprint density at radius 3 is 2.37 bits per heavy atom. The van der Waals surface area contributed by atoms with Crippen LogP contribution in [-0.4, -0.2) is 26.3 Å². The Kier molecular flexibility index (Phi) is 8.42. The van der Waals surface area contributed by atoms with E-state index >= 15 is 0 Å². The second-order valence-corrected chi connectivity index (χ2v) is 9.34. The lowest BCUT2D eigenvalue weighted by atomic mass is 9.86. The van der Waals surface area contributed by atoms with Crippen molar-refractivity contribution in [3.63, 3.8) is 0 Å². The molecule has 0 N–H and O–H groups in total. The zero-order valence-electron chi connectivity index (χ0n) is 21.5. The zero-order chi connectivity index (χ0) is 29.9. The van der Waals surface area contributed by atoms with Crippen molar-refractivity contribution in [1.82, 2.24) is 14.8 Å². The Morgan fingerprint density at radius 2 is 1.76 bits per heavy atom. The number of terminal acetylenes is 1. The smallest absolute Gasteiger partial charge is 0.298 e. The first-order valence-electron chi connectivity index (χ1n) is 12.2. The summed E-state index contributed by atoms with van der Waals surface area (Å²) in [6, 6.07) is 9.97. The molecule has 2 heterocycles. The summed E-state index contributed by atoms with van der Waals surface area (Å²) >= 11 is 0. The van der Waals surface area contributed by atoms with Gasteiger partial charge in [-0.2, -0.15) is 18.3 Å². The van der Waals surface area contributed by atoms with Crippen LogP contribution < -0.4 is 0 Å². The summed E-state index contributed by atoms with van der Waals surface area (Å²) in [5.74, 6) is -2.40. The minimum Gasteiger partial charge on any atom is -0.298 e. The number of alkyl halides is 3. The van der Waals surface area contributed by atoms with E-state index in [0.29, 0.717) is 22.9 Å². The number of carbonyl (C=O) groups is 2. The highest BCUT2D eigenvalue weighted by Crippen LogP contribution is 2.34. The van der Waals surface area contributed by atoms with Crippen molar-refractivity contribution >= 4 is 11.6 Å². The molecule has 0 aliphatic heterocycles. The van der Waals surface area contributed by atoms with E-state index in [1.165, 1.54) is 25.3 Å². The zero-order valence-corrected chi connectivity index (χ0v) is 21.5. The third kappa shape index (κ3) is 6.90. The number of ketones is 2. The van der Waals surface area contributed by atoms with Crippen molar-refractivity contribution in [3.05, 3.63) is 106 Å². The van der Waals surface area contributed by atoms with Crippen LogP contribution in [0.4, 0.5) is 26.3 Å². The minimum absolute atomic E-state index is 0.0757. The van der Waals surface area contributed by atoms with E-state index in [2.05, 4.69) is 10.1 Å². The largest absolute Gasteiger partial charge is 0.436 e. The van der Waals surface area contributed by atoms with Gasteiger partial charge in [0.2, 0.25) is 0 Å². The van der Waals surface area contributed by atoms with Gasteiger partial charge >= 0.3 is 6.18 Å². The van der Waals surface area contributed by atoms with Gasteiger partial charge in [0.25, 0.3) is 0 Å². The third-order valence-corrected chi connectivity index (χ3v) is 6.28. The number of hydrogen-bond donors (Lipinski definition) is 0. The standard InChI is InChI=1S/C30H21F6N3O2/c1-3-19-15-39(38-29(19)30(34,35)36)16-24(41)12-21(9-18-10-22(31)14-23(32)11-18)28-25(5-4-8-37-28)20-6-7-27(33)26(13-20)17(2)40/h1,4-8,10-11,13-15,21H,9,12,16H2,2H3/t21-/m1/s1. The number of nitrogens with zero attached hydrogens (tertiary/aromatic N) is 3. The van der Waals surface area contributed by atoms with E-state index in [4.69, 9.17) is 6.42 Å². The monoisotopic (exact) mass is 569 g/mol. The minimum atomic E-state index is -4.82. The fraction of sp³-hybridized carbons (Fsp3) is 0.200. The van der Waals surface area contributed by atoms with Crippen LogP contribution in [0, 0.1) is 29.8 Å². The van der Waals surface area contributed by atoms with Crippen LogP contribution in [0.3, 0.4) is 0 Å². The highest BCUT2D eigenvalue weighted by atomic mass is 19.4. The van der Waals surface area contributed by atoms with Gasteiger partial charge in [0, 0.05) is 36.4 Å². The first-order chi connectivity index (χ1) is 19.3. The lowest BCUT2D eigenvalue weighted by Gasteiger charge is -2.20. The molecule has 4 aromatic rings. The van der Waals surface area contributed by atoms with Gasteiger partial charge in [0.15, 0.2) is 17.3 Å². The van der Waals surface area contributed by atoms with Gasteiger partial charge in [0.05, 0.1) is 23.4 Å². The van der Waals surface area contributed by atoms with Gasteiger partial charge in [-0.1, -0.05) is 18.1 Å². The van der Waals surface area contributed by atoms with Crippen LogP contribution in [0.2, 0.25) is 0 Å². The summed E-state index contributed by atoms with van der Waals surface area (Å²) in [7, 11) is 0. The number of benzene rings is 2. The SMILES string of the molecule is C#Cc1cn(CC(=O)C[C@@H](Cc2cc(F)cc(F)c2)c2ncccc2-c2ccc(F)c(C(C)=O)c2)nc1C(F)(F)F. The molecule has 4 rings (SSSR count). The highest BCUT2D eigenvalue weighted by molar-refractivity contribution is 5.95. The van der Waals surface area contributed by atoms with Crippen LogP contribution in [0.25, 0.3) is 11.1 Å². The molecule has 11 heteroatoms. The molecule has 0 saturated heterocycles.